The molecule has 0 amide bonds. The number of ether oxygens (including phenoxy) is 6. The van der Waals surface area contributed by atoms with Crippen LogP contribution in [0.5, 0.6) is 34.5 Å². The molecule has 0 bridgehead atoms. The molecule has 0 saturated heterocycles. The average Bonchev–Trinajstić information content (AvgIpc) is 3.27. The first-order valence-corrected chi connectivity index (χ1v) is 21.4. The normalized spacial score (nSPS) is 10.7. The molecule has 0 aromatic heterocycles. The fourth-order valence-electron chi connectivity index (χ4n) is 6.25. The zero-order valence-electron chi connectivity index (χ0n) is 35.5. The predicted octanol–water partition coefficient (Wildman–Crippen LogP) is 12.4. The van der Waals surface area contributed by atoms with E-state index in [1.807, 2.05) is 0 Å². The SMILES string of the molecule is CCCCCCCCOc1ccc(OC(=O)c2ccc(OC(=O)c3ccc(C)c(OC(=O)c4ccc(OC(=O)c5ccc(OCCCCCCCC)cc5)cc4)c3)cc2)cc1. The third kappa shape index (κ3) is 15.3. The fourth-order valence-corrected chi connectivity index (χ4v) is 6.25. The second-order valence-electron chi connectivity index (χ2n) is 14.8. The van der Waals surface area contributed by atoms with Crippen molar-refractivity contribution in [3.63, 3.8) is 0 Å². The summed E-state index contributed by atoms with van der Waals surface area (Å²) in [6.07, 6.45) is 14.2. The van der Waals surface area contributed by atoms with E-state index in [0.717, 1.165) is 25.7 Å². The molecular weight excluding hydrogens is 773 g/mol. The summed E-state index contributed by atoms with van der Waals surface area (Å²) in [5.74, 6) is -0.0449. The Labute approximate surface area is 359 Å². The van der Waals surface area contributed by atoms with Crippen LogP contribution in [-0.2, 0) is 0 Å². The molecule has 0 unspecified atom stereocenters. The van der Waals surface area contributed by atoms with Gasteiger partial charge in [-0.3, -0.25) is 0 Å². The van der Waals surface area contributed by atoms with Gasteiger partial charge in [-0.2, -0.15) is 0 Å². The van der Waals surface area contributed by atoms with Gasteiger partial charge in [-0.05, 0) is 135 Å². The first kappa shape index (κ1) is 45.7. The minimum atomic E-state index is -0.687. The van der Waals surface area contributed by atoms with Crippen LogP contribution in [0, 0.1) is 6.92 Å². The molecule has 10 nitrogen and oxygen atoms in total. The minimum absolute atomic E-state index is 0.149. The van der Waals surface area contributed by atoms with Gasteiger partial charge in [0.05, 0.1) is 35.5 Å². The summed E-state index contributed by atoms with van der Waals surface area (Å²) >= 11 is 0. The highest BCUT2D eigenvalue weighted by Gasteiger charge is 2.17. The molecule has 0 spiro atoms. The summed E-state index contributed by atoms with van der Waals surface area (Å²) in [6, 6.07) is 30.3. The molecule has 61 heavy (non-hydrogen) atoms. The maximum Gasteiger partial charge on any atom is 0.343 e. The van der Waals surface area contributed by atoms with E-state index in [2.05, 4.69) is 13.8 Å². The van der Waals surface area contributed by atoms with E-state index in [0.29, 0.717) is 41.6 Å². The van der Waals surface area contributed by atoms with Crippen molar-refractivity contribution in [3.05, 3.63) is 143 Å². The van der Waals surface area contributed by atoms with Crippen LogP contribution in [0.1, 0.15) is 138 Å². The first-order chi connectivity index (χ1) is 29.7. The smallest absolute Gasteiger partial charge is 0.343 e. The lowest BCUT2D eigenvalue weighted by Crippen LogP contribution is -2.13. The van der Waals surface area contributed by atoms with Gasteiger partial charge >= 0.3 is 23.9 Å². The van der Waals surface area contributed by atoms with Gasteiger partial charge in [-0.1, -0.05) is 84.1 Å². The summed E-state index contributed by atoms with van der Waals surface area (Å²) in [5, 5.41) is 0. The van der Waals surface area contributed by atoms with Gasteiger partial charge in [-0.15, -0.1) is 0 Å². The lowest BCUT2D eigenvalue weighted by molar-refractivity contribution is 0.0712. The average molecular weight is 829 g/mol. The molecule has 0 fully saturated rings. The van der Waals surface area contributed by atoms with E-state index >= 15 is 0 Å². The van der Waals surface area contributed by atoms with Crippen molar-refractivity contribution in [1.82, 2.24) is 0 Å². The van der Waals surface area contributed by atoms with Gasteiger partial charge in [0, 0.05) is 0 Å². The van der Waals surface area contributed by atoms with Crippen LogP contribution in [0.2, 0.25) is 0 Å². The van der Waals surface area contributed by atoms with Gasteiger partial charge in [0.15, 0.2) is 0 Å². The number of carbonyl (C=O) groups excluding carboxylic acids is 4. The molecule has 0 aliphatic rings. The van der Waals surface area contributed by atoms with Crippen molar-refractivity contribution in [2.75, 3.05) is 13.2 Å². The van der Waals surface area contributed by atoms with E-state index in [1.54, 1.807) is 67.6 Å². The summed E-state index contributed by atoms with van der Waals surface area (Å²) in [4.78, 5) is 51.7. The second kappa shape index (κ2) is 24.6. The number of hydrogen-bond acceptors (Lipinski definition) is 10. The van der Waals surface area contributed by atoms with Gasteiger partial charge in [-0.25, -0.2) is 19.2 Å². The summed E-state index contributed by atoms with van der Waals surface area (Å²) < 4.78 is 33.8. The third-order valence-electron chi connectivity index (χ3n) is 9.89. The highest BCUT2D eigenvalue weighted by Crippen LogP contribution is 2.25. The number of rotatable bonds is 24. The van der Waals surface area contributed by atoms with Crippen LogP contribution in [0.25, 0.3) is 0 Å². The number of benzene rings is 5. The lowest BCUT2D eigenvalue weighted by atomic mass is 10.1. The molecule has 0 atom stereocenters. The molecule has 320 valence electrons. The Balaban J connectivity index is 1.06. The molecule has 10 heteroatoms. The number of carbonyl (C=O) groups is 4. The van der Waals surface area contributed by atoms with Crippen LogP contribution >= 0.6 is 0 Å². The van der Waals surface area contributed by atoms with E-state index in [1.165, 1.54) is 106 Å². The first-order valence-electron chi connectivity index (χ1n) is 21.4. The Hall–Kier alpha value is -6.42. The molecule has 0 N–H and O–H groups in total. The van der Waals surface area contributed by atoms with Crippen LogP contribution in [-0.4, -0.2) is 37.1 Å². The van der Waals surface area contributed by atoms with Crippen molar-refractivity contribution in [2.24, 2.45) is 0 Å². The Kier molecular flexibility index (Phi) is 18.4. The number of hydrogen-bond donors (Lipinski definition) is 0. The number of esters is 4. The Morgan fingerprint density at radius 2 is 0.672 bits per heavy atom. The van der Waals surface area contributed by atoms with Crippen molar-refractivity contribution in [2.45, 2.75) is 97.8 Å². The van der Waals surface area contributed by atoms with Crippen LogP contribution in [0.4, 0.5) is 0 Å². The number of unbranched alkanes of at least 4 members (excludes halogenated alkanes) is 10. The summed E-state index contributed by atoms with van der Waals surface area (Å²) in [6.45, 7) is 7.42. The van der Waals surface area contributed by atoms with Crippen molar-refractivity contribution in [1.29, 1.82) is 0 Å². The van der Waals surface area contributed by atoms with Crippen LogP contribution in [0.3, 0.4) is 0 Å². The Morgan fingerprint density at radius 1 is 0.361 bits per heavy atom. The summed E-state index contributed by atoms with van der Waals surface area (Å²) in [7, 11) is 0. The fraction of sp³-hybridized carbons (Fsp3) is 0.333. The van der Waals surface area contributed by atoms with Crippen LogP contribution in [0.15, 0.2) is 115 Å². The highest BCUT2D eigenvalue weighted by atomic mass is 16.5. The summed E-state index contributed by atoms with van der Waals surface area (Å²) in [5.41, 5.74) is 1.61. The quantitative estimate of drug-likeness (QED) is 0.0337. The monoisotopic (exact) mass is 828 g/mol. The molecule has 5 rings (SSSR count). The van der Waals surface area contributed by atoms with Gasteiger partial charge in [0.2, 0.25) is 0 Å². The standard InChI is InChI=1S/C51H56O10/c1-4-6-8-10-12-14-34-56-42-24-18-38(19-25-42)48(52)58-44-28-22-40(23-29-44)50(54)61-47-36-41(17-16-37(47)3)51(55)60-45-26-20-39(21-27-45)49(53)59-46-32-30-43(31-33-46)57-35-15-13-11-9-7-5-2/h16-33,36H,4-15,34-35H2,1-3H3. The zero-order valence-corrected chi connectivity index (χ0v) is 35.5. The molecule has 0 aliphatic carbocycles. The van der Waals surface area contributed by atoms with Crippen molar-refractivity contribution >= 4 is 23.9 Å². The topological polar surface area (TPSA) is 124 Å². The Morgan fingerprint density at radius 3 is 1.10 bits per heavy atom. The second-order valence-corrected chi connectivity index (χ2v) is 14.8. The van der Waals surface area contributed by atoms with Gasteiger partial charge in [0.25, 0.3) is 0 Å². The molecular formula is C51H56O10. The molecule has 0 saturated carbocycles. The molecule has 0 aliphatic heterocycles. The highest BCUT2D eigenvalue weighted by molar-refractivity contribution is 5.95. The van der Waals surface area contributed by atoms with Crippen LogP contribution < -0.4 is 28.4 Å². The largest absolute Gasteiger partial charge is 0.494 e. The third-order valence-corrected chi connectivity index (χ3v) is 9.89. The maximum atomic E-state index is 13.1. The van der Waals surface area contributed by atoms with Gasteiger partial charge in [0.1, 0.15) is 34.5 Å². The molecule has 0 heterocycles. The number of aryl methyl sites for hydroxylation is 1. The molecule has 0 radical (unpaired) electrons. The predicted molar refractivity (Wildman–Crippen MR) is 235 cm³/mol. The van der Waals surface area contributed by atoms with E-state index < -0.39 is 23.9 Å². The minimum Gasteiger partial charge on any atom is -0.494 e. The molecule has 5 aromatic rings. The lowest BCUT2D eigenvalue weighted by Gasteiger charge is -2.11. The van der Waals surface area contributed by atoms with E-state index in [-0.39, 0.29) is 33.9 Å². The van der Waals surface area contributed by atoms with Crippen molar-refractivity contribution < 1.29 is 47.6 Å². The van der Waals surface area contributed by atoms with Gasteiger partial charge < -0.3 is 28.4 Å². The molecule has 5 aromatic carbocycles. The zero-order chi connectivity index (χ0) is 43.2. The van der Waals surface area contributed by atoms with Crippen molar-refractivity contribution in [3.8, 4) is 34.5 Å². The Bertz CT molecular complexity index is 2140. The maximum absolute atomic E-state index is 13.1. The van der Waals surface area contributed by atoms with E-state index in [9.17, 15) is 19.2 Å². The van der Waals surface area contributed by atoms with E-state index in [4.69, 9.17) is 28.4 Å².